The second-order valence-corrected chi connectivity index (χ2v) is 7.68. The smallest absolute Gasteiger partial charge is 0.257 e. The molecular weight excluding hydrogens is 354 g/mol. The van der Waals surface area contributed by atoms with Crippen LogP contribution < -0.4 is 15.4 Å². The van der Waals surface area contributed by atoms with E-state index in [9.17, 15) is 18.0 Å². The van der Waals surface area contributed by atoms with Crippen molar-refractivity contribution in [2.75, 3.05) is 16.8 Å². The van der Waals surface area contributed by atoms with Crippen LogP contribution in [0.3, 0.4) is 0 Å². The fourth-order valence-corrected chi connectivity index (χ4v) is 3.79. The Morgan fingerprint density at radius 1 is 1.19 bits per heavy atom. The summed E-state index contributed by atoms with van der Waals surface area (Å²) in [6.45, 7) is 2.20. The van der Waals surface area contributed by atoms with Gasteiger partial charge in [-0.3, -0.25) is 9.59 Å². The molecule has 0 bridgehead atoms. The molecule has 0 atom stereocenters. The Morgan fingerprint density at radius 2 is 1.92 bits per heavy atom. The summed E-state index contributed by atoms with van der Waals surface area (Å²) in [6.07, 6.45) is 1.22. The summed E-state index contributed by atoms with van der Waals surface area (Å²) in [6, 6.07) is 11.3. The maximum Gasteiger partial charge on any atom is 0.257 e. The fraction of sp³-hybridized carbons (Fsp3) is 0.222. The van der Waals surface area contributed by atoms with E-state index in [4.69, 9.17) is 5.14 Å². The van der Waals surface area contributed by atoms with Crippen molar-refractivity contribution in [1.82, 2.24) is 0 Å². The standard InChI is InChI=1S/C18H19N3O4S/c1-12-8-9-13(11-16(12)26(19,24)25)20-18(23)14-5-2-3-6-15(14)21-10-4-7-17(21)22/h2-3,5-6,8-9,11H,4,7,10H2,1H3,(H,20,23)(H2,19,24,25). The van der Waals surface area contributed by atoms with E-state index < -0.39 is 15.9 Å². The third-order valence-electron chi connectivity index (χ3n) is 4.27. The molecule has 1 aliphatic heterocycles. The number of nitrogens with two attached hydrogens (primary N) is 1. The number of aryl methyl sites for hydroxylation is 1. The molecule has 2 aromatic carbocycles. The largest absolute Gasteiger partial charge is 0.322 e. The van der Waals surface area contributed by atoms with Crippen molar-refractivity contribution in [3.05, 3.63) is 53.6 Å². The highest BCUT2D eigenvalue weighted by molar-refractivity contribution is 7.89. The molecule has 2 aromatic rings. The third-order valence-corrected chi connectivity index (χ3v) is 5.32. The van der Waals surface area contributed by atoms with Gasteiger partial charge >= 0.3 is 0 Å². The van der Waals surface area contributed by atoms with Gasteiger partial charge in [-0.1, -0.05) is 18.2 Å². The molecule has 3 rings (SSSR count). The maximum atomic E-state index is 12.7. The van der Waals surface area contributed by atoms with E-state index in [1.54, 1.807) is 48.2 Å². The molecule has 1 aliphatic rings. The van der Waals surface area contributed by atoms with Crippen LogP contribution in [-0.4, -0.2) is 26.8 Å². The number of amides is 2. The maximum absolute atomic E-state index is 12.7. The Labute approximate surface area is 151 Å². The summed E-state index contributed by atoms with van der Waals surface area (Å²) in [7, 11) is -3.89. The first-order valence-electron chi connectivity index (χ1n) is 8.11. The van der Waals surface area contributed by atoms with Crippen LogP contribution in [0.5, 0.6) is 0 Å². The number of nitrogens with zero attached hydrogens (tertiary/aromatic N) is 1. The summed E-state index contributed by atoms with van der Waals surface area (Å²) in [5, 5.41) is 7.89. The molecule has 0 saturated carbocycles. The molecule has 26 heavy (non-hydrogen) atoms. The minimum Gasteiger partial charge on any atom is -0.322 e. The number of rotatable bonds is 4. The molecule has 0 spiro atoms. The van der Waals surface area contributed by atoms with Gasteiger partial charge in [0, 0.05) is 18.7 Å². The van der Waals surface area contributed by atoms with Crippen molar-refractivity contribution >= 4 is 33.2 Å². The monoisotopic (exact) mass is 373 g/mol. The molecule has 3 N–H and O–H groups in total. The first kappa shape index (κ1) is 18.1. The molecule has 2 amide bonds. The lowest BCUT2D eigenvalue weighted by atomic mass is 10.1. The molecule has 1 heterocycles. The average molecular weight is 373 g/mol. The molecule has 7 nitrogen and oxygen atoms in total. The Morgan fingerprint density at radius 3 is 2.58 bits per heavy atom. The number of benzene rings is 2. The minimum atomic E-state index is -3.89. The second-order valence-electron chi connectivity index (χ2n) is 6.15. The highest BCUT2D eigenvalue weighted by Gasteiger charge is 2.25. The van der Waals surface area contributed by atoms with Gasteiger partial charge in [0.05, 0.1) is 16.1 Å². The fourth-order valence-electron chi connectivity index (χ4n) is 2.99. The molecule has 1 fully saturated rings. The number of carbonyl (C=O) groups excluding carboxylic acids is 2. The number of para-hydroxylation sites is 1. The summed E-state index contributed by atoms with van der Waals surface area (Å²) in [5.74, 6) is -0.443. The molecule has 0 aliphatic carbocycles. The first-order chi connectivity index (χ1) is 12.3. The van der Waals surface area contributed by atoms with Crippen LogP contribution in [-0.2, 0) is 14.8 Å². The molecule has 1 saturated heterocycles. The molecule has 136 valence electrons. The van der Waals surface area contributed by atoms with Gasteiger partial charge in [-0.05, 0) is 43.2 Å². The van der Waals surface area contributed by atoms with E-state index in [1.807, 2.05) is 0 Å². The van der Waals surface area contributed by atoms with E-state index in [2.05, 4.69) is 5.32 Å². The number of primary sulfonamides is 1. The van der Waals surface area contributed by atoms with Crippen molar-refractivity contribution in [3.63, 3.8) is 0 Å². The topological polar surface area (TPSA) is 110 Å². The van der Waals surface area contributed by atoms with Crippen LogP contribution in [0.15, 0.2) is 47.4 Å². The van der Waals surface area contributed by atoms with E-state index >= 15 is 0 Å². The normalized spacial score (nSPS) is 14.5. The van der Waals surface area contributed by atoms with E-state index in [-0.39, 0.29) is 10.8 Å². The zero-order valence-corrected chi connectivity index (χ0v) is 15.0. The summed E-state index contributed by atoms with van der Waals surface area (Å²) >= 11 is 0. The van der Waals surface area contributed by atoms with Crippen LogP contribution in [0.4, 0.5) is 11.4 Å². The van der Waals surface area contributed by atoms with Crippen LogP contribution in [0.1, 0.15) is 28.8 Å². The van der Waals surface area contributed by atoms with Crippen molar-refractivity contribution in [2.24, 2.45) is 5.14 Å². The van der Waals surface area contributed by atoms with Crippen molar-refractivity contribution in [1.29, 1.82) is 0 Å². The number of carbonyl (C=O) groups is 2. The Kier molecular flexibility index (Phi) is 4.80. The SMILES string of the molecule is Cc1ccc(NC(=O)c2ccccc2N2CCCC2=O)cc1S(N)(=O)=O. The van der Waals surface area contributed by atoms with Crippen molar-refractivity contribution < 1.29 is 18.0 Å². The highest BCUT2D eigenvalue weighted by Crippen LogP contribution is 2.27. The van der Waals surface area contributed by atoms with Gasteiger partial charge in [-0.25, -0.2) is 13.6 Å². The lowest BCUT2D eigenvalue weighted by Crippen LogP contribution is -2.27. The van der Waals surface area contributed by atoms with E-state index in [0.717, 1.165) is 6.42 Å². The Bertz CT molecular complexity index is 986. The van der Waals surface area contributed by atoms with E-state index in [1.165, 1.54) is 6.07 Å². The van der Waals surface area contributed by atoms with Crippen LogP contribution >= 0.6 is 0 Å². The van der Waals surface area contributed by atoms with Gasteiger partial charge in [0.15, 0.2) is 0 Å². The number of sulfonamides is 1. The zero-order valence-electron chi connectivity index (χ0n) is 14.2. The second kappa shape index (κ2) is 6.89. The average Bonchev–Trinajstić information content (AvgIpc) is 3.01. The summed E-state index contributed by atoms with van der Waals surface area (Å²) in [4.78, 5) is 26.3. The van der Waals surface area contributed by atoms with Gasteiger partial charge in [0.2, 0.25) is 15.9 Å². The number of nitrogens with one attached hydrogen (secondary N) is 1. The Hall–Kier alpha value is -2.71. The minimum absolute atomic E-state index is 0.0166. The predicted molar refractivity (Wildman–Crippen MR) is 98.5 cm³/mol. The highest BCUT2D eigenvalue weighted by atomic mass is 32.2. The molecule has 0 aromatic heterocycles. The zero-order chi connectivity index (χ0) is 18.9. The number of hydrogen-bond donors (Lipinski definition) is 2. The number of hydrogen-bond acceptors (Lipinski definition) is 4. The summed E-state index contributed by atoms with van der Waals surface area (Å²) < 4.78 is 23.3. The summed E-state index contributed by atoms with van der Waals surface area (Å²) in [5.41, 5.74) is 1.70. The number of anilines is 2. The first-order valence-corrected chi connectivity index (χ1v) is 9.66. The Balaban J connectivity index is 1.91. The van der Waals surface area contributed by atoms with Gasteiger partial charge in [0.1, 0.15) is 0 Å². The van der Waals surface area contributed by atoms with Gasteiger partial charge in [-0.2, -0.15) is 0 Å². The quantitative estimate of drug-likeness (QED) is 0.854. The molecule has 8 heteroatoms. The lowest BCUT2D eigenvalue weighted by Gasteiger charge is -2.19. The van der Waals surface area contributed by atoms with Gasteiger partial charge in [0.25, 0.3) is 5.91 Å². The van der Waals surface area contributed by atoms with Crippen molar-refractivity contribution in [2.45, 2.75) is 24.7 Å². The van der Waals surface area contributed by atoms with Crippen LogP contribution in [0.25, 0.3) is 0 Å². The molecule has 0 radical (unpaired) electrons. The van der Waals surface area contributed by atoms with Gasteiger partial charge in [-0.15, -0.1) is 0 Å². The van der Waals surface area contributed by atoms with Gasteiger partial charge < -0.3 is 10.2 Å². The molecule has 0 unspecified atom stereocenters. The van der Waals surface area contributed by atoms with Crippen molar-refractivity contribution in [3.8, 4) is 0 Å². The van der Waals surface area contributed by atoms with E-state index in [0.29, 0.717) is 35.5 Å². The predicted octanol–water partition coefficient (Wildman–Crippen LogP) is 2.02. The lowest BCUT2D eigenvalue weighted by molar-refractivity contribution is -0.117. The van der Waals surface area contributed by atoms with Crippen LogP contribution in [0, 0.1) is 6.92 Å². The van der Waals surface area contributed by atoms with Crippen LogP contribution in [0.2, 0.25) is 0 Å². The third kappa shape index (κ3) is 3.61. The molecular formula is C18H19N3O4S.